The molecule has 0 radical (unpaired) electrons. The molecule has 2 aliphatic rings. The van der Waals surface area contributed by atoms with Gasteiger partial charge in [-0.2, -0.15) is 0 Å². The van der Waals surface area contributed by atoms with Gasteiger partial charge in [0.15, 0.2) is 0 Å². The van der Waals surface area contributed by atoms with Crippen LogP contribution in [0.1, 0.15) is 37.8 Å². The van der Waals surface area contributed by atoms with Gasteiger partial charge in [0.25, 0.3) is 0 Å². The van der Waals surface area contributed by atoms with Crippen molar-refractivity contribution >= 4 is 29.6 Å². The summed E-state index contributed by atoms with van der Waals surface area (Å²) in [7, 11) is 0. The van der Waals surface area contributed by atoms with Crippen molar-refractivity contribution in [3.63, 3.8) is 0 Å². The average Bonchev–Trinajstić information content (AvgIpc) is 2.58. The van der Waals surface area contributed by atoms with Gasteiger partial charge in [-0.1, -0.05) is 30.2 Å². The largest absolute Gasteiger partial charge is 0.463 e. The first-order valence-corrected chi connectivity index (χ1v) is 9.27. The Labute approximate surface area is 162 Å². The molecule has 2 amide bonds. The number of esters is 2. The van der Waals surface area contributed by atoms with Crippen LogP contribution in [-0.2, 0) is 19.1 Å². The number of ether oxygens (including phenoxy) is 2. The van der Waals surface area contributed by atoms with Gasteiger partial charge in [-0.15, -0.1) is 0 Å². The monoisotopic (exact) mass is 392 g/mol. The van der Waals surface area contributed by atoms with E-state index in [1.54, 1.807) is 31.2 Å². The third-order valence-electron chi connectivity index (χ3n) is 4.65. The van der Waals surface area contributed by atoms with Crippen molar-refractivity contribution in [2.24, 2.45) is 5.92 Å². The maximum absolute atomic E-state index is 12.6. The first kappa shape index (κ1) is 19.2. The molecular formula is C19H21ClN2O5. The van der Waals surface area contributed by atoms with E-state index in [9.17, 15) is 14.4 Å². The Morgan fingerprint density at radius 2 is 1.89 bits per heavy atom. The van der Waals surface area contributed by atoms with Crippen LogP contribution in [-0.4, -0.2) is 31.2 Å². The molecule has 7 nitrogen and oxygen atoms in total. The van der Waals surface area contributed by atoms with E-state index in [1.165, 1.54) is 0 Å². The molecule has 3 rings (SSSR count). The molecular weight excluding hydrogens is 372 g/mol. The van der Waals surface area contributed by atoms with Crippen LogP contribution in [0.4, 0.5) is 4.79 Å². The minimum absolute atomic E-state index is 0.0962. The third-order valence-corrected chi connectivity index (χ3v) is 4.90. The molecule has 1 unspecified atom stereocenters. The molecule has 1 atom stereocenters. The maximum Gasteiger partial charge on any atom is 0.338 e. The molecule has 1 aromatic rings. The van der Waals surface area contributed by atoms with Crippen molar-refractivity contribution in [2.75, 3.05) is 13.2 Å². The summed E-state index contributed by atoms with van der Waals surface area (Å²) in [6.07, 6.45) is 2.63. The van der Waals surface area contributed by atoms with E-state index in [4.69, 9.17) is 21.1 Å². The van der Waals surface area contributed by atoms with Crippen LogP contribution in [0.3, 0.4) is 0 Å². The molecule has 0 aromatic heterocycles. The van der Waals surface area contributed by atoms with Crippen LogP contribution in [0.15, 0.2) is 35.5 Å². The topological polar surface area (TPSA) is 93.7 Å². The number of benzene rings is 1. The first-order valence-electron chi connectivity index (χ1n) is 8.89. The number of nitrogens with one attached hydrogen (secondary N) is 2. The highest BCUT2D eigenvalue weighted by Gasteiger charge is 2.35. The minimum Gasteiger partial charge on any atom is -0.463 e. The van der Waals surface area contributed by atoms with Crippen molar-refractivity contribution < 1.29 is 23.9 Å². The second-order valence-corrected chi connectivity index (χ2v) is 6.87. The van der Waals surface area contributed by atoms with E-state index >= 15 is 0 Å². The second-order valence-electron chi connectivity index (χ2n) is 6.43. The van der Waals surface area contributed by atoms with Crippen molar-refractivity contribution in [1.82, 2.24) is 10.6 Å². The van der Waals surface area contributed by atoms with Gasteiger partial charge in [0.2, 0.25) is 0 Å². The van der Waals surface area contributed by atoms with Gasteiger partial charge in [0.05, 0.1) is 29.8 Å². The number of carbonyl (C=O) groups is 3. The maximum atomic E-state index is 12.6. The predicted molar refractivity (Wildman–Crippen MR) is 97.8 cm³/mol. The second kappa shape index (κ2) is 8.43. The zero-order valence-electron chi connectivity index (χ0n) is 14.9. The van der Waals surface area contributed by atoms with Crippen LogP contribution in [0.25, 0.3) is 0 Å². The van der Waals surface area contributed by atoms with Crippen molar-refractivity contribution in [3.8, 4) is 0 Å². The lowest BCUT2D eigenvalue weighted by atomic mass is 9.86. The van der Waals surface area contributed by atoms with E-state index in [1.807, 2.05) is 0 Å². The summed E-state index contributed by atoms with van der Waals surface area (Å²) in [5, 5.41) is 5.82. The molecule has 1 fully saturated rings. The van der Waals surface area contributed by atoms with Crippen molar-refractivity contribution in [3.05, 3.63) is 46.1 Å². The third kappa shape index (κ3) is 4.42. The Kier molecular flexibility index (Phi) is 6.01. The number of rotatable bonds is 6. The molecule has 1 aromatic carbocycles. The molecule has 8 heteroatoms. The highest BCUT2D eigenvalue weighted by atomic mass is 35.5. The standard InChI is InChI=1S/C19H21ClN2O5/c1-2-26-18(24)15-14(10-27-17(23)12-4-3-5-12)21-19(25)22-16(15)11-6-8-13(20)9-7-11/h6-9,12,16H,2-5,10H2,1H3,(H2,21,22,25). The van der Waals surface area contributed by atoms with Gasteiger partial charge in [-0.05, 0) is 37.5 Å². The Morgan fingerprint density at radius 3 is 2.48 bits per heavy atom. The summed E-state index contributed by atoms with van der Waals surface area (Å²) in [5.41, 5.74) is 1.10. The van der Waals surface area contributed by atoms with E-state index < -0.39 is 18.0 Å². The van der Waals surface area contributed by atoms with Gasteiger partial charge in [-0.25, -0.2) is 9.59 Å². The van der Waals surface area contributed by atoms with Crippen molar-refractivity contribution in [1.29, 1.82) is 0 Å². The van der Waals surface area contributed by atoms with Crippen LogP contribution in [0, 0.1) is 5.92 Å². The highest BCUT2D eigenvalue weighted by Crippen LogP contribution is 2.30. The number of carbonyl (C=O) groups excluding carboxylic acids is 3. The van der Waals surface area contributed by atoms with Crippen LogP contribution < -0.4 is 10.6 Å². The normalized spacial score (nSPS) is 19.6. The summed E-state index contributed by atoms with van der Waals surface area (Å²) in [6.45, 7) is 1.68. The van der Waals surface area contributed by atoms with E-state index in [2.05, 4.69) is 10.6 Å². The predicted octanol–water partition coefficient (Wildman–Crippen LogP) is 2.85. The summed E-state index contributed by atoms with van der Waals surface area (Å²) >= 11 is 5.93. The Balaban J connectivity index is 1.90. The molecule has 27 heavy (non-hydrogen) atoms. The fourth-order valence-electron chi connectivity index (χ4n) is 2.99. The fraction of sp³-hybridized carbons (Fsp3) is 0.421. The number of urea groups is 1. The van der Waals surface area contributed by atoms with Gasteiger partial charge in [-0.3, -0.25) is 4.79 Å². The lowest BCUT2D eigenvalue weighted by Gasteiger charge is -2.30. The van der Waals surface area contributed by atoms with Gasteiger partial charge >= 0.3 is 18.0 Å². The molecule has 0 saturated heterocycles. The highest BCUT2D eigenvalue weighted by molar-refractivity contribution is 6.30. The van der Waals surface area contributed by atoms with Gasteiger partial charge < -0.3 is 20.1 Å². The Hall–Kier alpha value is -2.54. The zero-order valence-corrected chi connectivity index (χ0v) is 15.7. The molecule has 1 saturated carbocycles. The average molecular weight is 393 g/mol. The lowest BCUT2D eigenvalue weighted by Crippen LogP contribution is -2.47. The SMILES string of the molecule is CCOC(=O)C1=C(COC(=O)C2CCC2)NC(=O)NC1c1ccc(Cl)cc1. The lowest BCUT2D eigenvalue weighted by molar-refractivity contribution is -0.150. The number of amides is 2. The van der Waals surface area contributed by atoms with E-state index in [-0.39, 0.29) is 36.4 Å². The van der Waals surface area contributed by atoms with Crippen LogP contribution >= 0.6 is 11.6 Å². The zero-order chi connectivity index (χ0) is 19.4. The molecule has 0 spiro atoms. The van der Waals surface area contributed by atoms with E-state index in [0.29, 0.717) is 10.6 Å². The van der Waals surface area contributed by atoms with Gasteiger partial charge in [0.1, 0.15) is 6.61 Å². The van der Waals surface area contributed by atoms with Gasteiger partial charge in [0, 0.05) is 5.02 Å². The summed E-state index contributed by atoms with van der Waals surface area (Å²) in [5.74, 6) is -0.992. The minimum atomic E-state index is -0.729. The smallest absolute Gasteiger partial charge is 0.338 e. The molecule has 2 N–H and O–H groups in total. The van der Waals surface area contributed by atoms with Crippen LogP contribution in [0.5, 0.6) is 0 Å². The van der Waals surface area contributed by atoms with E-state index in [0.717, 1.165) is 19.3 Å². The van der Waals surface area contributed by atoms with Crippen LogP contribution in [0.2, 0.25) is 5.02 Å². The number of hydrogen-bond donors (Lipinski definition) is 2. The molecule has 1 aliphatic heterocycles. The molecule has 1 aliphatic carbocycles. The summed E-state index contributed by atoms with van der Waals surface area (Å²) < 4.78 is 10.5. The number of hydrogen-bond acceptors (Lipinski definition) is 5. The first-order chi connectivity index (χ1) is 13.0. The fourth-order valence-corrected chi connectivity index (χ4v) is 3.12. The Bertz CT molecular complexity index is 771. The quantitative estimate of drug-likeness (QED) is 0.726. The molecule has 0 bridgehead atoms. The summed E-state index contributed by atoms with van der Waals surface area (Å²) in [6, 6.07) is 5.56. The molecule has 1 heterocycles. The summed E-state index contributed by atoms with van der Waals surface area (Å²) in [4.78, 5) is 36.7. The molecule has 144 valence electrons. The Morgan fingerprint density at radius 1 is 1.19 bits per heavy atom. The number of halogens is 1. The van der Waals surface area contributed by atoms with Crippen molar-refractivity contribution in [2.45, 2.75) is 32.2 Å².